The summed E-state index contributed by atoms with van der Waals surface area (Å²) in [6.07, 6.45) is 5.59. The summed E-state index contributed by atoms with van der Waals surface area (Å²) in [5.74, 6) is 7.01. The van der Waals surface area contributed by atoms with Gasteiger partial charge in [0.05, 0.1) is 6.61 Å². The molecule has 0 spiro atoms. The molecule has 20 heavy (non-hydrogen) atoms. The summed E-state index contributed by atoms with van der Waals surface area (Å²) >= 11 is 0. The summed E-state index contributed by atoms with van der Waals surface area (Å²) in [5, 5.41) is 3.65. The maximum absolute atomic E-state index is 5.93. The fourth-order valence-electron chi connectivity index (χ4n) is 2.82. The third-order valence-corrected chi connectivity index (χ3v) is 3.77. The molecule has 1 N–H and O–H groups in total. The van der Waals surface area contributed by atoms with Gasteiger partial charge in [-0.2, -0.15) is 0 Å². The van der Waals surface area contributed by atoms with Crippen LogP contribution in [0.4, 0.5) is 0 Å². The van der Waals surface area contributed by atoms with E-state index in [-0.39, 0.29) is 0 Å². The Labute approximate surface area is 122 Å². The maximum Gasteiger partial charge on any atom is 0.122 e. The Bertz CT molecular complexity index is 484. The van der Waals surface area contributed by atoms with Gasteiger partial charge >= 0.3 is 0 Å². The van der Waals surface area contributed by atoms with Gasteiger partial charge in [0.2, 0.25) is 0 Å². The van der Waals surface area contributed by atoms with E-state index in [1.165, 1.54) is 30.4 Å². The average Bonchev–Trinajstić information content (AvgIpc) is 2.49. The highest BCUT2D eigenvalue weighted by Gasteiger charge is 2.22. The predicted octanol–water partition coefficient (Wildman–Crippen LogP) is 3.86. The zero-order valence-corrected chi connectivity index (χ0v) is 12.7. The standard InChI is InChI=1S/C18H25NO/c1-3-5-6-14-20-18-12-8-9-15-16(18)10-7-11-17(15)19-13-4-2/h8-9,12,17,19H,4,6-7,10-11,13-14H2,1-2H3. The zero-order chi connectivity index (χ0) is 14.2. The molecule has 1 aromatic rings. The van der Waals surface area contributed by atoms with Crippen molar-refractivity contribution in [1.82, 2.24) is 5.32 Å². The lowest BCUT2D eigenvalue weighted by Crippen LogP contribution is -2.26. The smallest absolute Gasteiger partial charge is 0.122 e. The van der Waals surface area contributed by atoms with Crippen LogP contribution in [0.25, 0.3) is 0 Å². The molecule has 2 rings (SSSR count). The minimum Gasteiger partial charge on any atom is -0.492 e. The molecule has 2 heteroatoms. The van der Waals surface area contributed by atoms with Crippen LogP contribution in [-0.4, -0.2) is 13.2 Å². The first-order chi connectivity index (χ1) is 9.86. The second-order valence-corrected chi connectivity index (χ2v) is 5.25. The molecule has 1 aliphatic rings. The zero-order valence-electron chi connectivity index (χ0n) is 12.7. The fourth-order valence-corrected chi connectivity index (χ4v) is 2.82. The molecule has 1 unspecified atom stereocenters. The van der Waals surface area contributed by atoms with E-state index in [9.17, 15) is 0 Å². The minimum absolute atomic E-state index is 0.498. The Morgan fingerprint density at radius 2 is 2.30 bits per heavy atom. The molecule has 108 valence electrons. The van der Waals surface area contributed by atoms with Crippen molar-refractivity contribution >= 4 is 0 Å². The van der Waals surface area contributed by atoms with E-state index in [4.69, 9.17) is 4.74 Å². The molecule has 1 aliphatic carbocycles. The number of hydrogen-bond donors (Lipinski definition) is 1. The first kappa shape index (κ1) is 14.9. The van der Waals surface area contributed by atoms with Crippen LogP contribution in [-0.2, 0) is 6.42 Å². The number of rotatable bonds is 6. The monoisotopic (exact) mass is 271 g/mol. The largest absolute Gasteiger partial charge is 0.492 e. The second-order valence-electron chi connectivity index (χ2n) is 5.25. The van der Waals surface area contributed by atoms with Gasteiger partial charge in [-0.15, -0.1) is 11.8 Å². The van der Waals surface area contributed by atoms with Gasteiger partial charge in [0, 0.05) is 12.5 Å². The summed E-state index contributed by atoms with van der Waals surface area (Å²) in [4.78, 5) is 0. The van der Waals surface area contributed by atoms with Crippen molar-refractivity contribution in [2.45, 2.75) is 52.0 Å². The lowest BCUT2D eigenvalue weighted by molar-refractivity contribution is 0.319. The van der Waals surface area contributed by atoms with Crippen molar-refractivity contribution in [3.8, 4) is 17.6 Å². The molecule has 0 fully saturated rings. The van der Waals surface area contributed by atoms with Crippen LogP contribution in [0.1, 0.15) is 56.7 Å². The van der Waals surface area contributed by atoms with E-state index in [1.807, 2.05) is 6.92 Å². The lowest BCUT2D eigenvalue weighted by Gasteiger charge is -2.28. The molecule has 0 saturated heterocycles. The van der Waals surface area contributed by atoms with Crippen molar-refractivity contribution in [2.75, 3.05) is 13.2 Å². The Morgan fingerprint density at radius 3 is 3.10 bits per heavy atom. The van der Waals surface area contributed by atoms with Gasteiger partial charge in [0.1, 0.15) is 5.75 Å². The number of ether oxygens (including phenoxy) is 1. The van der Waals surface area contributed by atoms with Crippen molar-refractivity contribution < 1.29 is 4.74 Å². The van der Waals surface area contributed by atoms with E-state index in [1.54, 1.807) is 0 Å². The van der Waals surface area contributed by atoms with E-state index >= 15 is 0 Å². The molecule has 0 amide bonds. The average molecular weight is 271 g/mol. The topological polar surface area (TPSA) is 21.3 Å². The predicted molar refractivity (Wildman–Crippen MR) is 84.0 cm³/mol. The maximum atomic E-state index is 5.93. The Morgan fingerprint density at radius 1 is 1.40 bits per heavy atom. The van der Waals surface area contributed by atoms with Crippen molar-refractivity contribution in [3.63, 3.8) is 0 Å². The quantitative estimate of drug-likeness (QED) is 0.626. The molecule has 0 saturated carbocycles. The molecule has 1 atom stereocenters. The van der Waals surface area contributed by atoms with Gasteiger partial charge in [-0.05, 0) is 56.3 Å². The molecule has 0 heterocycles. The Hall–Kier alpha value is -1.46. The summed E-state index contributed by atoms with van der Waals surface area (Å²) in [6, 6.07) is 6.96. The van der Waals surface area contributed by atoms with Crippen molar-refractivity contribution in [3.05, 3.63) is 29.3 Å². The van der Waals surface area contributed by atoms with Crippen LogP contribution in [0.2, 0.25) is 0 Å². The normalized spacial score (nSPS) is 17.0. The van der Waals surface area contributed by atoms with Gasteiger partial charge in [-0.1, -0.05) is 19.1 Å². The van der Waals surface area contributed by atoms with E-state index in [2.05, 4.69) is 42.3 Å². The first-order valence-corrected chi connectivity index (χ1v) is 7.74. The molecule has 0 aromatic heterocycles. The molecule has 0 radical (unpaired) electrons. The summed E-state index contributed by atoms with van der Waals surface area (Å²) < 4.78 is 5.93. The van der Waals surface area contributed by atoms with Crippen LogP contribution in [0.3, 0.4) is 0 Å². The number of benzene rings is 1. The Kier molecular flexibility index (Phi) is 5.95. The van der Waals surface area contributed by atoms with Gasteiger partial charge in [-0.25, -0.2) is 0 Å². The molecule has 1 aromatic carbocycles. The lowest BCUT2D eigenvalue weighted by atomic mass is 9.87. The molecule has 2 nitrogen and oxygen atoms in total. The molecular weight excluding hydrogens is 246 g/mol. The summed E-state index contributed by atoms with van der Waals surface area (Å²) in [6.45, 7) is 5.85. The number of nitrogens with one attached hydrogen (secondary N) is 1. The van der Waals surface area contributed by atoms with Gasteiger partial charge in [0.15, 0.2) is 0 Å². The SMILES string of the molecule is CC#CCCOc1cccc2c1CCCC2NCCC. The van der Waals surface area contributed by atoms with Crippen molar-refractivity contribution in [2.24, 2.45) is 0 Å². The summed E-state index contributed by atoms with van der Waals surface area (Å²) in [7, 11) is 0. The first-order valence-electron chi connectivity index (χ1n) is 7.74. The molecular formula is C18H25NO. The highest BCUT2D eigenvalue weighted by atomic mass is 16.5. The van der Waals surface area contributed by atoms with Crippen LogP contribution < -0.4 is 10.1 Å². The van der Waals surface area contributed by atoms with Crippen LogP contribution in [0.15, 0.2) is 18.2 Å². The van der Waals surface area contributed by atoms with Crippen LogP contribution in [0, 0.1) is 11.8 Å². The van der Waals surface area contributed by atoms with Gasteiger partial charge in [0.25, 0.3) is 0 Å². The Balaban J connectivity index is 2.08. The van der Waals surface area contributed by atoms with Crippen LogP contribution >= 0.6 is 0 Å². The van der Waals surface area contributed by atoms with Crippen molar-refractivity contribution in [1.29, 1.82) is 0 Å². The highest BCUT2D eigenvalue weighted by Crippen LogP contribution is 2.35. The van der Waals surface area contributed by atoms with E-state index in [0.29, 0.717) is 12.6 Å². The molecule has 0 bridgehead atoms. The molecule has 0 aliphatic heterocycles. The number of hydrogen-bond acceptors (Lipinski definition) is 2. The minimum atomic E-state index is 0.498. The fraction of sp³-hybridized carbons (Fsp3) is 0.556. The van der Waals surface area contributed by atoms with E-state index < -0.39 is 0 Å². The van der Waals surface area contributed by atoms with Gasteiger partial charge < -0.3 is 10.1 Å². The third-order valence-electron chi connectivity index (χ3n) is 3.77. The van der Waals surface area contributed by atoms with Crippen LogP contribution in [0.5, 0.6) is 5.75 Å². The second kappa shape index (κ2) is 7.97. The third kappa shape index (κ3) is 3.77. The highest BCUT2D eigenvalue weighted by molar-refractivity contribution is 5.43. The van der Waals surface area contributed by atoms with E-state index in [0.717, 1.165) is 25.1 Å². The summed E-state index contributed by atoms with van der Waals surface area (Å²) in [5.41, 5.74) is 2.83. The van der Waals surface area contributed by atoms with Gasteiger partial charge in [-0.3, -0.25) is 0 Å². The number of fused-ring (bicyclic) bond motifs is 1.